The van der Waals surface area contributed by atoms with E-state index in [1.807, 2.05) is 6.92 Å². The average molecular weight is 371 g/mol. The number of anilines is 2. The van der Waals surface area contributed by atoms with E-state index in [2.05, 4.69) is 10.6 Å². The largest absolute Gasteiger partial charge is 0.462 e. The van der Waals surface area contributed by atoms with Gasteiger partial charge in [-0.25, -0.2) is 4.79 Å². The highest BCUT2D eigenvalue weighted by atomic mass is 16.6. The second-order valence-corrected chi connectivity index (χ2v) is 5.77. The molecular formula is C19H21N3O5. The van der Waals surface area contributed by atoms with Crippen LogP contribution in [-0.4, -0.2) is 30.0 Å². The fraction of sp³-hybridized carbons (Fsp3) is 0.263. The van der Waals surface area contributed by atoms with Gasteiger partial charge in [-0.05, 0) is 42.8 Å². The van der Waals surface area contributed by atoms with Gasteiger partial charge >= 0.3 is 5.97 Å². The van der Waals surface area contributed by atoms with Crippen LogP contribution in [0.25, 0.3) is 0 Å². The van der Waals surface area contributed by atoms with E-state index in [1.54, 1.807) is 24.3 Å². The number of ether oxygens (including phenoxy) is 1. The summed E-state index contributed by atoms with van der Waals surface area (Å²) in [7, 11) is 0. The first kappa shape index (κ1) is 19.9. The predicted octanol–water partition coefficient (Wildman–Crippen LogP) is 3.60. The highest BCUT2D eigenvalue weighted by Gasteiger charge is 2.08. The Morgan fingerprint density at radius 2 is 1.67 bits per heavy atom. The topological polar surface area (TPSA) is 111 Å². The molecule has 0 spiro atoms. The first-order chi connectivity index (χ1) is 13.0. The van der Waals surface area contributed by atoms with Gasteiger partial charge in [-0.3, -0.25) is 14.9 Å². The van der Waals surface area contributed by atoms with Gasteiger partial charge in [-0.2, -0.15) is 0 Å². The minimum atomic E-state index is -0.486. The molecule has 0 bridgehead atoms. The number of nitrogens with zero attached hydrogens (tertiary/aromatic N) is 1. The molecule has 0 aromatic heterocycles. The summed E-state index contributed by atoms with van der Waals surface area (Å²) in [5, 5.41) is 16.2. The van der Waals surface area contributed by atoms with E-state index in [0.29, 0.717) is 23.5 Å². The van der Waals surface area contributed by atoms with Crippen LogP contribution in [0.5, 0.6) is 0 Å². The van der Waals surface area contributed by atoms with Crippen molar-refractivity contribution in [2.24, 2.45) is 0 Å². The summed E-state index contributed by atoms with van der Waals surface area (Å²) < 4.78 is 5.12. The molecule has 2 aromatic carbocycles. The number of unbranched alkanes of at least 4 members (excludes halogenated alkanes) is 1. The monoisotopic (exact) mass is 371 g/mol. The van der Waals surface area contributed by atoms with Gasteiger partial charge < -0.3 is 15.4 Å². The summed E-state index contributed by atoms with van der Waals surface area (Å²) in [5.74, 6) is -0.673. The number of nitrogens with one attached hydrogen (secondary N) is 2. The summed E-state index contributed by atoms with van der Waals surface area (Å²) in [6, 6.07) is 12.2. The number of esters is 1. The van der Waals surface area contributed by atoms with Crippen molar-refractivity contribution < 1.29 is 19.2 Å². The molecule has 0 aliphatic rings. The van der Waals surface area contributed by atoms with E-state index in [9.17, 15) is 19.7 Å². The third-order valence-electron chi connectivity index (χ3n) is 3.67. The third kappa shape index (κ3) is 6.43. The fourth-order valence-corrected chi connectivity index (χ4v) is 2.17. The molecule has 0 saturated carbocycles. The Bertz CT molecular complexity index is 788. The number of amides is 1. The zero-order valence-electron chi connectivity index (χ0n) is 14.9. The Morgan fingerprint density at radius 1 is 1.04 bits per heavy atom. The molecule has 8 nitrogen and oxygen atoms in total. The SMILES string of the molecule is CCCCOC(=O)c1ccc(NC(=O)CNc2ccc([N+](=O)[O-])cc2)cc1. The van der Waals surface area contributed by atoms with Crippen molar-refractivity contribution in [1.82, 2.24) is 0 Å². The van der Waals surface area contributed by atoms with E-state index >= 15 is 0 Å². The van der Waals surface area contributed by atoms with Crippen molar-refractivity contribution in [2.45, 2.75) is 19.8 Å². The molecular weight excluding hydrogens is 350 g/mol. The summed E-state index contributed by atoms with van der Waals surface area (Å²) >= 11 is 0. The number of nitro benzene ring substituents is 1. The average Bonchev–Trinajstić information content (AvgIpc) is 2.67. The van der Waals surface area contributed by atoms with E-state index < -0.39 is 4.92 Å². The van der Waals surface area contributed by atoms with Gasteiger partial charge in [0, 0.05) is 23.5 Å². The van der Waals surface area contributed by atoms with Gasteiger partial charge in [-0.1, -0.05) is 13.3 Å². The molecule has 0 heterocycles. The van der Waals surface area contributed by atoms with Gasteiger partial charge in [-0.15, -0.1) is 0 Å². The summed E-state index contributed by atoms with van der Waals surface area (Å²) in [6.45, 7) is 2.41. The van der Waals surface area contributed by atoms with Crippen LogP contribution in [0.3, 0.4) is 0 Å². The lowest BCUT2D eigenvalue weighted by molar-refractivity contribution is -0.384. The molecule has 2 N–H and O–H groups in total. The van der Waals surface area contributed by atoms with Crippen LogP contribution in [0.15, 0.2) is 48.5 Å². The minimum absolute atomic E-state index is 0.00137. The van der Waals surface area contributed by atoms with Crippen molar-refractivity contribution in [3.8, 4) is 0 Å². The van der Waals surface area contributed by atoms with Gasteiger partial charge in [0.1, 0.15) is 0 Å². The maximum Gasteiger partial charge on any atom is 0.338 e. The zero-order valence-corrected chi connectivity index (χ0v) is 14.9. The Hall–Kier alpha value is -3.42. The summed E-state index contributed by atoms with van der Waals surface area (Å²) in [4.78, 5) is 33.9. The minimum Gasteiger partial charge on any atom is -0.462 e. The van der Waals surface area contributed by atoms with Crippen molar-refractivity contribution in [3.63, 3.8) is 0 Å². The molecule has 0 saturated heterocycles. The molecule has 0 fully saturated rings. The van der Waals surface area contributed by atoms with E-state index in [0.717, 1.165) is 12.8 Å². The number of rotatable bonds is 9. The van der Waals surface area contributed by atoms with Crippen LogP contribution in [0.4, 0.5) is 17.1 Å². The van der Waals surface area contributed by atoms with Crippen molar-refractivity contribution in [2.75, 3.05) is 23.8 Å². The Balaban J connectivity index is 1.81. The first-order valence-electron chi connectivity index (χ1n) is 8.55. The van der Waals surface area contributed by atoms with Crippen LogP contribution in [0.1, 0.15) is 30.1 Å². The third-order valence-corrected chi connectivity index (χ3v) is 3.67. The molecule has 2 aromatic rings. The molecule has 0 aliphatic heterocycles. The lowest BCUT2D eigenvalue weighted by Gasteiger charge is -2.09. The number of carbonyl (C=O) groups is 2. The summed E-state index contributed by atoms with van der Waals surface area (Å²) in [6.07, 6.45) is 1.77. The molecule has 27 heavy (non-hydrogen) atoms. The molecule has 0 aliphatic carbocycles. The van der Waals surface area contributed by atoms with Crippen LogP contribution in [0, 0.1) is 10.1 Å². The highest BCUT2D eigenvalue weighted by Crippen LogP contribution is 2.15. The summed E-state index contributed by atoms with van der Waals surface area (Å²) in [5.41, 5.74) is 1.56. The highest BCUT2D eigenvalue weighted by molar-refractivity contribution is 5.95. The molecule has 0 unspecified atom stereocenters. The van der Waals surface area contributed by atoms with Crippen LogP contribution < -0.4 is 10.6 Å². The van der Waals surface area contributed by atoms with E-state index in [1.165, 1.54) is 24.3 Å². The predicted molar refractivity (Wildman–Crippen MR) is 102 cm³/mol. The van der Waals surface area contributed by atoms with Gasteiger partial charge in [0.05, 0.1) is 23.6 Å². The van der Waals surface area contributed by atoms with Gasteiger partial charge in [0.2, 0.25) is 5.91 Å². The van der Waals surface area contributed by atoms with Crippen LogP contribution >= 0.6 is 0 Å². The maximum absolute atomic E-state index is 12.0. The zero-order chi connectivity index (χ0) is 19.6. The number of hydrogen-bond donors (Lipinski definition) is 2. The molecule has 2 rings (SSSR count). The number of carbonyl (C=O) groups excluding carboxylic acids is 2. The Kier molecular flexibility index (Phi) is 7.30. The number of hydrogen-bond acceptors (Lipinski definition) is 6. The fourth-order valence-electron chi connectivity index (χ4n) is 2.17. The van der Waals surface area contributed by atoms with Crippen molar-refractivity contribution in [1.29, 1.82) is 0 Å². The smallest absolute Gasteiger partial charge is 0.338 e. The molecule has 142 valence electrons. The quantitative estimate of drug-likeness (QED) is 0.301. The second kappa shape index (κ2) is 9.91. The van der Waals surface area contributed by atoms with Gasteiger partial charge in [0.15, 0.2) is 0 Å². The maximum atomic E-state index is 12.0. The normalized spacial score (nSPS) is 10.1. The van der Waals surface area contributed by atoms with Crippen LogP contribution in [-0.2, 0) is 9.53 Å². The second-order valence-electron chi connectivity index (χ2n) is 5.77. The van der Waals surface area contributed by atoms with Crippen molar-refractivity contribution >= 4 is 28.9 Å². The van der Waals surface area contributed by atoms with E-state index in [4.69, 9.17) is 4.74 Å². The first-order valence-corrected chi connectivity index (χ1v) is 8.55. The molecule has 0 atom stereocenters. The lowest BCUT2D eigenvalue weighted by atomic mass is 10.2. The van der Waals surface area contributed by atoms with Crippen molar-refractivity contribution in [3.05, 3.63) is 64.2 Å². The molecule has 1 amide bonds. The molecule has 0 radical (unpaired) electrons. The Labute approximate surface area is 156 Å². The Morgan fingerprint density at radius 3 is 2.26 bits per heavy atom. The van der Waals surface area contributed by atoms with Gasteiger partial charge in [0.25, 0.3) is 5.69 Å². The number of benzene rings is 2. The number of non-ortho nitro benzene ring substituents is 1. The lowest BCUT2D eigenvalue weighted by Crippen LogP contribution is -2.21. The molecule has 8 heteroatoms. The van der Waals surface area contributed by atoms with Crippen LogP contribution in [0.2, 0.25) is 0 Å². The number of nitro groups is 1. The van der Waals surface area contributed by atoms with E-state index in [-0.39, 0.29) is 24.1 Å². The standard InChI is InChI=1S/C19H21N3O5/c1-2-3-12-27-19(24)14-4-6-16(7-5-14)21-18(23)13-20-15-8-10-17(11-9-15)22(25)26/h4-11,20H,2-3,12-13H2,1H3,(H,21,23).